The molecule has 3 nitrogen and oxygen atoms in total. The first-order chi connectivity index (χ1) is 15.6. The lowest BCUT2D eigenvalue weighted by atomic mass is 9.94. The second-order valence-corrected chi connectivity index (χ2v) is 9.94. The molecular weight excluding hydrogens is 392 g/mol. The zero-order valence-electron chi connectivity index (χ0n) is 19.9. The van der Waals surface area contributed by atoms with E-state index in [4.69, 9.17) is 4.74 Å². The highest BCUT2D eigenvalue weighted by Crippen LogP contribution is 2.26. The minimum atomic E-state index is 0.812. The maximum absolute atomic E-state index is 5.35. The normalized spacial score (nSPS) is 19.4. The average Bonchev–Trinajstić information content (AvgIpc) is 3.25. The van der Waals surface area contributed by atoms with Crippen molar-refractivity contribution in [1.29, 1.82) is 0 Å². The van der Waals surface area contributed by atoms with Crippen LogP contribution < -0.4 is 4.74 Å². The van der Waals surface area contributed by atoms with Crippen LogP contribution in [-0.2, 0) is 19.4 Å². The Hall–Kier alpha value is -2.36. The molecule has 2 aliphatic heterocycles. The van der Waals surface area contributed by atoms with Gasteiger partial charge in [-0.15, -0.1) is 0 Å². The Labute approximate surface area is 193 Å². The molecule has 32 heavy (non-hydrogen) atoms. The smallest absolute Gasteiger partial charge is 0.119 e. The molecule has 0 N–H and O–H groups in total. The van der Waals surface area contributed by atoms with Crippen LogP contribution in [0, 0.1) is 19.8 Å². The summed E-state index contributed by atoms with van der Waals surface area (Å²) in [5.41, 5.74) is 7.44. The molecule has 5 rings (SSSR count). The summed E-state index contributed by atoms with van der Waals surface area (Å²) in [5, 5.41) is 2.56. The van der Waals surface area contributed by atoms with E-state index in [9.17, 15) is 0 Å². The molecule has 0 saturated carbocycles. The molecule has 3 heteroatoms. The first kappa shape index (κ1) is 21.5. The number of hydrogen-bond acceptors (Lipinski definition) is 3. The first-order valence-electron chi connectivity index (χ1n) is 12.2. The summed E-state index contributed by atoms with van der Waals surface area (Å²) in [7, 11) is 1.73. The predicted octanol–water partition coefficient (Wildman–Crippen LogP) is 5.39. The predicted molar refractivity (Wildman–Crippen MR) is 134 cm³/mol. The monoisotopic (exact) mass is 428 g/mol. The lowest BCUT2D eigenvalue weighted by Gasteiger charge is -2.31. The Balaban J connectivity index is 1.13. The van der Waals surface area contributed by atoms with Gasteiger partial charge in [0.2, 0.25) is 0 Å². The van der Waals surface area contributed by atoms with E-state index >= 15 is 0 Å². The molecule has 0 bridgehead atoms. The molecule has 1 fully saturated rings. The minimum Gasteiger partial charge on any atom is -0.497 e. The SMILES string of the molecule is COc1ccc2cc(CCN3CCC(CN4CCc5cc(C)c(C)cc5C4)C3)ccc2c1. The molecule has 0 radical (unpaired) electrons. The highest BCUT2D eigenvalue weighted by molar-refractivity contribution is 5.84. The van der Waals surface area contributed by atoms with Crippen LogP contribution >= 0.6 is 0 Å². The fourth-order valence-electron chi connectivity index (χ4n) is 5.54. The summed E-state index contributed by atoms with van der Waals surface area (Å²) in [6.07, 6.45) is 3.68. The van der Waals surface area contributed by atoms with E-state index in [2.05, 4.69) is 72.2 Å². The van der Waals surface area contributed by atoms with E-state index in [0.29, 0.717) is 0 Å². The van der Waals surface area contributed by atoms with Gasteiger partial charge in [0, 0.05) is 32.7 Å². The second-order valence-electron chi connectivity index (χ2n) is 9.94. The topological polar surface area (TPSA) is 15.7 Å². The van der Waals surface area contributed by atoms with Gasteiger partial charge in [-0.05, 0) is 96.3 Å². The van der Waals surface area contributed by atoms with Gasteiger partial charge in [-0.25, -0.2) is 0 Å². The zero-order chi connectivity index (χ0) is 22.1. The molecule has 0 amide bonds. The van der Waals surface area contributed by atoms with E-state index in [-0.39, 0.29) is 0 Å². The van der Waals surface area contributed by atoms with E-state index in [1.807, 2.05) is 0 Å². The van der Waals surface area contributed by atoms with Gasteiger partial charge in [-0.3, -0.25) is 4.90 Å². The number of nitrogens with zero attached hydrogens (tertiary/aromatic N) is 2. The Kier molecular flexibility index (Phi) is 6.21. The van der Waals surface area contributed by atoms with Crippen LogP contribution in [0.3, 0.4) is 0 Å². The molecule has 2 aliphatic rings. The minimum absolute atomic E-state index is 0.812. The first-order valence-corrected chi connectivity index (χ1v) is 12.2. The molecule has 1 atom stereocenters. The van der Waals surface area contributed by atoms with Crippen molar-refractivity contribution in [2.45, 2.75) is 39.7 Å². The summed E-state index contributed by atoms with van der Waals surface area (Å²) < 4.78 is 5.35. The number of benzene rings is 3. The van der Waals surface area contributed by atoms with Gasteiger partial charge in [0.15, 0.2) is 0 Å². The number of aryl methyl sites for hydroxylation is 2. The fraction of sp³-hybridized carbons (Fsp3) is 0.448. The molecular formula is C29H36N2O. The maximum atomic E-state index is 5.35. The lowest BCUT2D eigenvalue weighted by molar-refractivity contribution is 0.210. The van der Waals surface area contributed by atoms with Crippen LogP contribution in [0.4, 0.5) is 0 Å². The number of methoxy groups -OCH3 is 1. The Bertz CT molecular complexity index is 1110. The Morgan fingerprint density at radius 1 is 0.875 bits per heavy atom. The Morgan fingerprint density at radius 2 is 1.66 bits per heavy atom. The third kappa shape index (κ3) is 4.69. The van der Waals surface area contributed by atoms with Crippen molar-refractivity contribution < 1.29 is 4.74 Å². The molecule has 0 aromatic heterocycles. The van der Waals surface area contributed by atoms with Gasteiger partial charge in [0.25, 0.3) is 0 Å². The summed E-state index contributed by atoms with van der Waals surface area (Å²) >= 11 is 0. The van der Waals surface area contributed by atoms with Crippen molar-refractivity contribution in [1.82, 2.24) is 9.80 Å². The molecule has 168 valence electrons. The number of likely N-dealkylation sites (tertiary alicyclic amines) is 1. The van der Waals surface area contributed by atoms with E-state index in [0.717, 1.165) is 24.6 Å². The lowest BCUT2D eigenvalue weighted by Crippen LogP contribution is -2.35. The van der Waals surface area contributed by atoms with Gasteiger partial charge in [-0.1, -0.05) is 36.4 Å². The van der Waals surface area contributed by atoms with Crippen LogP contribution in [0.5, 0.6) is 5.75 Å². The molecule has 3 aromatic carbocycles. The maximum Gasteiger partial charge on any atom is 0.119 e. The van der Waals surface area contributed by atoms with Crippen LogP contribution in [0.15, 0.2) is 48.5 Å². The molecule has 0 aliphatic carbocycles. The number of hydrogen-bond donors (Lipinski definition) is 0. The van der Waals surface area contributed by atoms with Crippen LogP contribution in [0.25, 0.3) is 10.8 Å². The van der Waals surface area contributed by atoms with Crippen LogP contribution in [-0.4, -0.2) is 49.6 Å². The average molecular weight is 429 g/mol. The number of fused-ring (bicyclic) bond motifs is 2. The third-order valence-electron chi connectivity index (χ3n) is 7.62. The molecule has 1 saturated heterocycles. The standard InChI is InChI=1S/C29H36N2O/c1-21-14-27-10-13-31(20-28(27)15-22(21)2)19-24-9-12-30(18-24)11-8-23-4-5-26-17-29(32-3)7-6-25(26)16-23/h4-7,14-17,24H,8-13,18-20H2,1-3H3. The second kappa shape index (κ2) is 9.25. The largest absolute Gasteiger partial charge is 0.497 e. The summed E-state index contributed by atoms with van der Waals surface area (Å²) in [4.78, 5) is 5.37. The number of rotatable bonds is 6. The number of ether oxygens (including phenoxy) is 1. The van der Waals surface area contributed by atoms with Gasteiger partial charge < -0.3 is 9.64 Å². The van der Waals surface area contributed by atoms with Crippen molar-refractivity contribution in [2.75, 3.05) is 39.8 Å². The van der Waals surface area contributed by atoms with Crippen molar-refractivity contribution in [2.24, 2.45) is 5.92 Å². The van der Waals surface area contributed by atoms with Gasteiger partial charge in [0.1, 0.15) is 5.75 Å². The van der Waals surface area contributed by atoms with Gasteiger partial charge in [0.05, 0.1) is 7.11 Å². The molecule has 0 spiro atoms. The van der Waals surface area contributed by atoms with Crippen molar-refractivity contribution in [3.63, 3.8) is 0 Å². The van der Waals surface area contributed by atoms with E-state index in [1.54, 1.807) is 18.2 Å². The zero-order valence-corrected chi connectivity index (χ0v) is 19.9. The summed E-state index contributed by atoms with van der Waals surface area (Å²) in [6.45, 7) is 11.8. The van der Waals surface area contributed by atoms with Crippen molar-refractivity contribution in [3.05, 3.63) is 76.3 Å². The van der Waals surface area contributed by atoms with E-state index in [1.165, 1.54) is 73.0 Å². The van der Waals surface area contributed by atoms with Crippen LogP contribution in [0.1, 0.15) is 34.2 Å². The van der Waals surface area contributed by atoms with Crippen LogP contribution in [0.2, 0.25) is 0 Å². The summed E-state index contributed by atoms with van der Waals surface area (Å²) in [5.74, 6) is 1.74. The van der Waals surface area contributed by atoms with Crippen molar-refractivity contribution in [3.8, 4) is 5.75 Å². The van der Waals surface area contributed by atoms with Gasteiger partial charge >= 0.3 is 0 Å². The highest BCUT2D eigenvalue weighted by atomic mass is 16.5. The molecule has 1 unspecified atom stereocenters. The molecule has 3 aromatic rings. The highest BCUT2D eigenvalue weighted by Gasteiger charge is 2.26. The fourth-order valence-corrected chi connectivity index (χ4v) is 5.54. The summed E-state index contributed by atoms with van der Waals surface area (Å²) in [6, 6.07) is 18.0. The van der Waals surface area contributed by atoms with E-state index < -0.39 is 0 Å². The van der Waals surface area contributed by atoms with Crippen molar-refractivity contribution >= 4 is 10.8 Å². The quantitative estimate of drug-likeness (QED) is 0.524. The third-order valence-corrected chi connectivity index (χ3v) is 7.62. The molecule has 2 heterocycles. The Morgan fingerprint density at radius 3 is 2.50 bits per heavy atom. The van der Waals surface area contributed by atoms with Gasteiger partial charge in [-0.2, -0.15) is 0 Å².